The van der Waals surface area contributed by atoms with Crippen LogP contribution in [0.1, 0.15) is 5.56 Å². The zero-order chi connectivity index (χ0) is 23.0. The zero-order valence-electron chi connectivity index (χ0n) is 16.5. The summed E-state index contributed by atoms with van der Waals surface area (Å²) in [5, 5.41) is 34.5. The lowest BCUT2D eigenvalue weighted by Crippen LogP contribution is -2.55. The van der Waals surface area contributed by atoms with Crippen LogP contribution in [0.25, 0.3) is 10.9 Å². The normalized spacial score (nSPS) is 13.8. The van der Waals surface area contributed by atoms with Gasteiger partial charge < -0.3 is 42.0 Å². The Hall–Kier alpha value is -3.48. The molecule has 2 rings (SSSR count). The molecule has 3 amide bonds. The summed E-state index contributed by atoms with van der Waals surface area (Å²) in [7, 11) is 0. The van der Waals surface area contributed by atoms with Crippen LogP contribution in [-0.4, -0.2) is 81.9 Å². The smallest absolute Gasteiger partial charge is 0.328 e. The van der Waals surface area contributed by atoms with Gasteiger partial charge in [-0.15, -0.1) is 0 Å². The van der Waals surface area contributed by atoms with Crippen molar-refractivity contribution in [3.8, 4) is 0 Å². The highest BCUT2D eigenvalue weighted by atomic mass is 16.4. The highest BCUT2D eigenvalue weighted by Gasteiger charge is 2.25. The number of fused-ring (bicyclic) bond motifs is 1. The van der Waals surface area contributed by atoms with E-state index in [9.17, 15) is 24.3 Å². The monoisotopic (exact) mass is 435 g/mol. The lowest BCUT2D eigenvalue weighted by atomic mass is 10.0. The zero-order valence-corrected chi connectivity index (χ0v) is 16.5. The van der Waals surface area contributed by atoms with Crippen molar-refractivity contribution in [3.63, 3.8) is 0 Å². The predicted octanol–water partition coefficient (Wildman–Crippen LogP) is -2.81. The van der Waals surface area contributed by atoms with Crippen LogP contribution in [0, 0.1) is 0 Å². The molecule has 12 heteroatoms. The molecule has 0 aliphatic heterocycles. The molecule has 3 unspecified atom stereocenters. The number of carbonyl (C=O) groups excluding carboxylic acids is 3. The van der Waals surface area contributed by atoms with Crippen LogP contribution in [0.15, 0.2) is 30.5 Å². The van der Waals surface area contributed by atoms with Gasteiger partial charge in [-0.05, 0) is 18.1 Å². The minimum Gasteiger partial charge on any atom is -0.480 e. The molecule has 0 spiro atoms. The molecule has 31 heavy (non-hydrogen) atoms. The van der Waals surface area contributed by atoms with E-state index in [0.29, 0.717) is 0 Å². The molecule has 2 aromatic rings. The lowest BCUT2D eigenvalue weighted by molar-refractivity contribution is -0.142. The first-order chi connectivity index (χ1) is 14.8. The molecule has 1 heterocycles. The van der Waals surface area contributed by atoms with Crippen molar-refractivity contribution in [1.29, 1.82) is 0 Å². The van der Waals surface area contributed by atoms with Crippen molar-refractivity contribution in [2.45, 2.75) is 24.5 Å². The predicted molar refractivity (Wildman–Crippen MR) is 109 cm³/mol. The Morgan fingerprint density at radius 2 is 1.68 bits per heavy atom. The number of aliphatic carboxylic acids is 1. The van der Waals surface area contributed by atoms with Gasteiger partial charge in [0.2, 0.25) is 17.7 Å². The van der Waals surface area contributed by atoms with E-state index in [4.69, 9.17) is 15.9 Å². The van der Waals surface area contributed by atoms with E-state index in [1.807, 2.05) is 29.6 Å². The number of rotatable bonds is 11. The second-order valence-electron chi connectivity index (χ2n) is 6.77. The summed E-state index contributed by atoms with van der Waals surface area (Å²) in [6.07, 6.45) is 1.93. The Balaban J connectivity index is 1.87. The Morgan fingerprint density at radius 1 is 1.00 bits per heavy atom. The van der Waals surface area contributed by atoms with Gasteiger partial charge in [0.1, 0.15) is 12.1 Å². The summed E-state index contributed by atoms with van der Waals surface area (Å²) in [4.78, 5) is 50.0. The number of para-hydroxylation sites is 1. The number of aliphatic hydroxyl groups excluding tert-OH is 2. The molecular weight excluding hydrogens is 410 g/mol. The number of carbonyl (C=O) groups is 4. The molecule has 0 aliphatic rings. The number of aromatic nitrogens is 1. The van der Waals surface area contributed by atoms with Gasteiger partial charge in [0.05, 0.1) is 25.8 Å². The van der Waals surface area contributed by atoms with Crippen LogP contribution in [-0.2, 0) is 25.6 Å². The number of aliphatic hydroxyl groups is 2. The number of nitrogens with one attached hydrogen (secondary N) is 4. The molecule has 0 saturated heterocycles. The standard InChI is InChI=1S/C19H25N5O7/c20-12(5-10-6-21-13-4-2-1-3-11(10)13)17(28)24-14(8-25)18(29)22-7-16(27)23-15(9-26)19(30)31/h1-4,6,12,14-15,21,25-26H,5,7-9,20H2,(H,22,29)(H,23,27)(H,24,28)(H,30,31). The maximum atomic E-state index is 12.4. The third-order valence-corrected chi connectivity index (χ3v) is 4.51. The molecule has 9 N–H and O–H groups in total. The Morgan fingerprint density at radius 3 is 2.32 bits per heavy atom. The number of aromatic amines is 1. The Bertz CT molecular complexity index is 945. The van der Waals surface area contributed by atoms with Gasteiger partial charge in [0.15, 0.2) is 0 Å². The third kappa shape index (κ3) is 6.50. The van der Waals surface area contributed by atoms with E-state index in [-0.39, 0.29) is 6.42 Å². The number of benzene rings is 1. The van der Waals surface area contributed by atoms with Gasteiger partial charge in [-0.25, -0.2) is 4.79 Å². The number of hydrogen-bond acceptors (Lipinski definition) is 7. The van der Waals surface area contributed by atoms with Crippen molar-refractivity contribution in [2.75, 3.05) is 19.8 Å². The average molecular weight is 435 g/mol. The van der Waals surface area contributed by atoms with E-state index in [1.165, 1.54) is 0 Å². The average Bonchev–Trinajstić information content (AvgIpc) is 3.16. The summed E-state index contributed by atoms with van der Waals surface area (Å²) in [6.45, 7) is -2.18. The van der Waals surface area contributed by atoms with Crippen LogP contribution in [0.4, 0.5) is 0 Å². The molecular formula is C19H25N5O7. The maximum Gasteiger partial charge on any atom is 0.328 e. The van der Waals surface area contributed by atoms with Gasteiger partial charge in [0.25, 0.3) is 0 Å². The molecule has 1 aromatic carbocycles. The Kier molecular flexibility index (Phi) is 8.49. The second-order valence-corrected chi connectivity index (χ2v) is 6.77. The summed E-state index contributed by atoms with van der Waals surface area (Å²) < 4.78 is 0. The maximum absolute atomic E-state index is 12.4. The Labute approximate surface area is 176 Å². The fourth-order valence-corrected chi connectivity index (χ4v) is 2.82. The highest BCUT2D eigenvalue weighted by molar-refractivity contribution is 5.93. The van der Waals surface area contributed by atoms with E-state index in [2.05, 4.69) is 15.6 Å². The molecule has 0 aliphatic carbocycles. The van der Waals surface area contributed by atoms with Crippen molar-refractivity contribution in [3.05, 3.63) is 36.0 Å². The minimum absolute atomic E-state index is 0.190. The third-order valence-electron chi connectivity index (χ3n) is 4.51. The van der Waals surface area contributed by atoms with Crippen molar-refractivity contribution < 1.29 is 34.5 Å². The van der Waals surface area contributed by atoms with Gasteiger partial charge in [0, 0.05) is 17.1 Å². The minimum atomic E-state index is -1.51. The van der Waals surface area contributed by atoms with Crippen molar-refractivity contribution in [2.24, 2.45) is 5.73 Å². The van der Waals surface area contributed by atoms with Crippen LogP contribution in [0.5, 0.6) is 0 Å². The van der Waals surface area contributed by atoms with Crippen LogP contribution in [0.2, 0.25) is 0 Å². The van der Waals surface area contributed by atoms with Crippen molar-refractivity contribution in [1.82, 2.24) is 20.9 Å². The molecule has 168 valence electrons. The molecule has 0 radical (unpaired) electrons. The summed E-state index contributed by atoms with van der Waals surface area (Å²) in [5.74, 6) is -3.84. The van der Waals surface area contributed by atoms with Crippen LogP contribution in [0.3, 0.4) is 0 Å². The summed E-state index contributed by atoms with van der Waals surface area (Å²) >= 11 is 0. The molecule has 12 nitrogen and oxygen atoms in total. The first-order valence-electron chi connectivity index (χ1n) is 9.39. The van der Waals surface area contributed by atoms with Gasteiger partial charge in [-0.1, -0.05) is 18.2 Å². The molecule has 0 bridgehead atoms. The first-order valence-corrected chi connectivity index (χ1v) is 9.39. The van der Waals surface area contributed by atoms with Crippen LogP contribution < -0.4 is 21.7 Å². The second kappa shape index (κ2) is 11.1. The molecule has 0 saturated carbocycles. The topological polar surface area (TPSA) is 207 Å². The number of hydrogen-bond donors (Lipinski definition) is 8. The number of H-pyrrole nitrogens is 1. The first kappa shape index (κ1) is 23.8. The van der Waals surface area contributed by atoms with Gasteiger partial charge in [-0.3, -0.25) is 14.4 Å². The van der Waals surface area contributed by atoms with Crippen molar-refractivity contribution >= 4 is 34.6 Å². The fourth-order valence-electron chi connectivity index (χ4n) is 2.82. The molecule has 3 atom stereocenters. The SMILES string of the molecule is NC(Cc1c[nH]c2ccccc12)C(=O)NC(CO)C(=O)NCC(=O)NC(CO)C(=O)O. The highest BCUT2D eigenvalue weighted by Crippen LogP contribution is 2.18. The summed E-state index contributed by atoms with van der Waals surface area (Å²) in [5.41, 5.74) is 7.65. The molecule has 1 aromatic heterocycles. The van der Waals surface area contributed by atoms with Gasteiger partial charge >= 0.3 is 5.97 Å². The number of amides is 3. The van der Waals surface area contributed by atoms with E-state index >= 15 is 0 Å². The van der Waals surface area contributed by atoms with E-state index in [0.717, 1.165) is 16.5 Å². The number of nitrogens with two attached hydrogens (primary N) is 1. The number of carboxylic acid groups (broad SMARTS) is 1. The van der Waals surface area contributed by atoms with Gasteiger partial charge in [-0.2, -0.15) is 0 Å². The van der Waals surface area contributed by atoms with Crippen LogP contribution >= 0.6 is 0 Å². The fraction of sp³-hybridized carbons (Fsp3) is 0.368. The largest absolute Gasteiger partial charge is 0.480 e. The molecule has 0 fully saturated rings. The van der Waals surface area contributed by atoms with E-state index in [1.54, 1.807) is 6.20 Å². The lowest BCUT2D eigenvalue weighted by Gasteiger charge is -2.19. The quantitative estimate of drug-likeness (QED) is 0.184. The van der Waals surface area contributed by atoms with E-state index < -0.39 is 61.6 Å². The summed E-state index contributed by atoms with van der Waals surface area (Å²) in [6, 6.07) is 3.62. The number of carboxylic acids is 1.